The largest absolute Gasteiger partial charge is 0.395 e. The third kappa shape index (κ3) is 5.80. The first-order valence-electron chi connectivity index (χ1n) is 8.35. The highest BCUT2D eigenvalue weighted by Gasteiger charge is 2.28. The molecule has 0 bridgehead atoms. The summed E-state index contributed by atoms with van der Waals surface area (Å²) >= 11 is 0. The van der Waals surface area contributed by atoms with E-state index in [1.54, 1.807) is 0 Å². The number of nitrogens with one attached hydrogen (secondary N) is 1. The molecule has 0 aromatic rings. The van der Waals surface area contributed by atoms with Gasteiger partial charge in [-0.25, -0.2) is 0 Å². The maximum Gasteiger partial charge on any atom is 0.239 e. The molecule has 20 heavy (non-hydrogen) atoms. The van der Waals surface area contributed by atoms with Crippen molar-refractivity contribution >= 4 is 5.91 Å². The number of hydrogen-bond acceptors (Lipinski definition) is 3. The zero-order chi connectivity index (χ0) is 14.8. The molecule has 1 fully saturated rings. The van der Waals surface area contributed by atoms with E-state index < -0.39 is 0 Å². The third-order valence-electron chi connectivity index (χ3n) is 4.35. The second-order valence-electron chi connectivity index (χ2n) is 5.91. The molecule has 4 nitrogen and oxygen atoms in total. The Labute approximate surface area is 123 Å². The monoisotopic (exact) mass is 284 g/mol. The zero-order valence-corrected chi connectivity index (χ0v) is 13.2. The summed E-state index contributed by atoms with van der Waals surface area (Å²) in [6, 6.07) is -0.0357. The van der Waals surface area contributed by atoms with Crippen LogP contribution < -0.4 is 5.32 Å². The molecule has 4 heteroatoms. The molecular formula is C16H32N2O2. The molecule has 0 radical (unpaired) electrons. The average Bonchev–Trinajstić information content (AvgIpc) is 2.49. The molecule has 1 aliphatic heterocycles. The number of aliphatic hydroxyl groups is 1. The van der Waals surface area contributed by atoms with Crippen LogP contribution in [0.15, 0.2) is 0 Å². The fourth-order valence-electron chi connectivity index (χ4n) is 2.96. The van der Waals surface area contributed by atoms with Gasteiger partial charge in [0.2, 0.25) is 5.91 Å². The van der Waals surface area contributed by atoms with Gasteiger partial charge >= 0.3 is 0 Å². The first kappa shape index (κ1) is 17.4. The summed E-state index contributed by atoms with van der Waals surface area (Å²) in [5, 5.41) is 12.5. The smallest absolute Gasteiger partial charge is 0.239 e. The minimum atomic E-state index is -0.0357. The van der Waals surface area contributed by atoms with E-state index >= 15 is 0 Å². The first-order valence-corrected chi connectivity index (χ1v) is 8.35. The van der Waals surface area contributed by atoms with E-state index in [9.17, 15) is 9.90 Å². The topological polar surface area (TPSA) is 52.6 Å². The van der Waals surface area contributed by atoms with Gasteiger partial charge in [-0.3, -0.25) is 4.79 Å². The van der Waals surface area contributed by atoms with Gasteiger partial charge in [0.1, 0.15) is 0 Å². The zero-order valence-electron chi connectivity index (χ0n) is 13.2. The van der Waals surface area contributed by atoms with Crippen molar-refractivity contribution in [2.75, 3.05) is 26.2 Å². The Balaban J connectivity index is 2.45. The lowest BCUT2D eigenvalue weighted by Crippen LogP contribution is -2.51. The van der Waals surface area contributed by atoms with Gasteiger partial charge in [-0.15, -0.1) is 0 Å². The summed E-state index contributed by atoms with van der Waals surface area (Å²) in [6.45, 7) is 6.65. The maximum atomic E-state index is 12.6. The van der Waals surface area contributed by atoms with Crippen LogP contribution in [0.25, 0.3) is 0 Å². The summed E-state index contributed by atoms with van der Waals surface area (Å²) < 4.78 is 0. The predicted molar refractivity (Wildman–Crippen MR) is 82.6 cm³/mol. The molecule has 2 N–H and O–H groups in total. The van der Waals surface area contributed by atoms with Gasteiger partial charge in [0.25, 0.3) is 0 Å². The summed E-state index contributed by atoms with van der Waals surface area (Å²) in [6.07, 6.45) is 7.92. The number of rotatable bonds is 9. The Morgan fingerprint density at radius 2 is 2.05 bits per heavy atom. The molecule has 0 saturated carbocycles. The Morgan fingerprint density at radius 1 is 1.25 bits per heavy atom. The van der Waals surface area contributed by atoms with Crippen LogP contribution in [-0.4, -0.2) is 48.2 Å². The van der Waals surface area contributed by atoms with Crippen molar-refractivity contribution in [2.45, 2.75) is 64.8 Å². The second-order valence-corrected chi connectivity index (χ2v) is 5.91. The molecule has 0 aliphatic carbocycles. The number of nitrogens with zero attached hydrogens (tertiary/aromatic N) is 1. The van der Waals surface area contributed by atoms with Gasteiger partial charge in [0, 0.05) is 13.1 Å². The number of aliphatic hydroxyl groups excluding tert-OH is 1. The molecule has 1 amide bonds. The highest BCUT2D eigenvalue weighted by atomic mass is 16.3. The molecular weight excluding hydrogens is 252 g/mol. The van der Waals surface area contributed by atoms with E-state index in [1.807, 2.05) is 4.90 Å². The SMILES string of the molecule is CCCCCCN(CCO)C(=O)C1CC(CC)CCN1. The minimum Gasteiger partial charge on any atom is -0.395 e. The summed E-state index contributed by atoms with van der Waals surface area (Å²) in [4.78, 5) is 14.4. The maximum absolute atomic E-state index is 12.6. The molecule has 1 saturated heterocycles. The van der Waals surface area contributed by atoms with Gasteiger partial charge in [-0.2, -0.15) is 0 Å². The normalized spacial score (nSPS) is 22.8. The molecule has 0 aromatic carbocycles. The molecule has 1 heterocycles. The van der Waals surface area contributed by atoms with E-state index in [0.29, 0.717) is 12.5 Å². The van der Waals surface area contributed by atoms with Crippen molar-refractivity contribution in [2.24, 2.45) is 5.92 Å². The lowest BCUT2D eigenvalue weighted by Gasteiger charge is -2.33. The number of hydrogen-bond donors (Lipinski definition) is 2. The van der Waals surface area contributed by atoms with E-state index in [1.165, 1.54) is 25.7 Å². The predicted octanol–water partition coefficient (Wildman–Crippen LogP) is 2.17. The van der Waals surface area contributed by atoms with Crippen molar-refractivity contribution in [3.63, 3.8) is 0 Å². The fourth-order valence-corrected chi connectivity index (χ4v) is 2.96. The van der Waals surface area contributed by atoms with Crippen LogP contribution in [0.2, 0.25) is 0 Å². The van der Waals surface area contributed by atoms with Crippen LogP contribution >= 0.6 is 0 Å². The Hall–Kier alpha value is -0.610. The van der Waals surface area contributed by atoms with Crippen molar-refractivity contribution in [1.82, 2.24) is 10.2 Å². The molecule has 0 spiro atoms. The van der Waals surface area contributed by atoms with Crippen molar-refractivity contribution < 1.29 is 9.90 Å². The first-order chi connectivity index (χ1) is 9.72. The minimum absolute atomic E-state index is 0.0357. The highest BCUT2D eigenvalue weighted by molar-refractivity contribution is 5.82. The van der Waals surface area contributed by atoms with E-state index in [-0.39, 0.29) is 18.6 Å². The van der Waals surface area contributed by atoms with E-state index in [4.69, 9.17) is 0 Å². The summed E-state index contributed by atoms with van der Waals surface area (Å²) in [5.41, 5.74) is 0. The number of amides is 1. The van der Waals surface area contributed by atoms with Crippen LogP contribution in [0.3, 0.4) is 0 Å². The summed E-state index contributed by atoms with van der Waals surface area (Å²) in [7, 11) is 0. The molecule has 118 valence electrons. The lowest BCUT2D eigenvalue weighted by atomic mass is 9.90. The molecule has 0 aromatic heterocycles. The Bertz CT molecular complexity index is 271. The summed E-state index contributed by atoms with van der Waals surface area (Å²) in [5.74, 6) is 0.856. The average molecular weight is 284 g/mol. The van der Waals surface area contributed by atoms with Crippen molar-refractivity contribution in [3.8, 4) is 0 Å². The molecule has 1 aliphatic rings. The fraction of sp³-hybridized carbons (Fsp3) is 0.938. The van der Waals surface area contributed by atoms with Gasteiger partial charge in [-0.1, -0.05) is 39.5 Å². The Kier molecular flexibility index (Phi) is 8.86. The highest BCUT2D eigenvalue weighted by Crippen LogP contribution is 2.20. The standard InChI is InChI=1S/C16H32N2O2/c1-3-5-6-7-10-18(11-12-19)16(20)15-13-14(4-2)8-9-17-15/h14-15,17,19H,3-13H2,1-2H3. The quantitative estimate of drug-likeness (QED) is 0.638. The van der Waals surface area contributed by atoms with Crippen molar-refractivity contribution in [1.29, 1.82) is 0 Å². The number of carbonyl (C=O) groups is 1. The van der Waals surface area contributed by atoms with E-state index in [2.05, 4.69) is 19.2 Å². The van der Waals surface area contributed by atoms with Gasteiger partial charge < -0.3 is 15.3 Å². The van der Waals surface area contributed by atoms with Crippen LogP contribution in [0.1, 0.15) is 58.8 Å². The molecule has 2 atom stereocenters. The lowest BCUT2D eigenvalue weighted by molar-refractivity contribution is -0.135. The number of piperidine rings is 1. The second kappa shape index (κ2) is 10.2. The van der Waals surface area contributed by atoms with Crippen LogP contribution in [-0.2, 0) is 4.79 Å². The number of unbranched alkanes of at least 4 members (excludes halogenated alkanes) is 3. The van der Waals surface area contributed by atoms with E-state index in [0.717, 1.165) is 32.4 Å². The van der Waals surface area contributed by atoms with Gasteiger partial charge in [0.15, 0.2) is 0 Å². The van der Waals surface area contributed by atoms with Gasteiger partial charge in [0.05, 0.1) is 12.6 Å². The van der Waals surface area contributed by atoms with Crippen LogP contribution in [0.4, 0.5) is 0 Å². The molecule has 2 unspecified atom stereocenters. The Morgan fingerprint density at radius 3 is 2.70 bits per heavy atom. The molecule has 1 rings (SSSR count). The third-order valence-corrected chi connectivity index (χ3v) is 4.35. The van der Waals surface area contributed by atoms with Crippen molar-refractivity contribution in [3.05, 3.63) is 0 Å². The number of carbonyl (C=O) groups excluding carboxylic acids is 1. The van der Waals surface area contributed by atoms with Crippen LogP contribution in [0.5, 0.6) is 0 Å². The van der Waals surface area contributed by atoms with Gasteiger partial charge in [-0.05, 0) is 31.7 Å². The van der Waals surface area contributed by atoms with Crippen LogP contribution in [0, 0.1) is 5.92 Å².